The predicted molar refractivity (Wildman–Crippen MR) is 130 cm³/mol. The molecule has 1 amide bonds. The van der Waals surface area contributed by atoms with Gasteiger partial charge in [0.25, 0.3) is 0 Å². The summed E-state index contributed by atoms with van der Waals surface area (Å²) in [6.07, 6.45) is 5.25. The molecule has 0 spiro atoms. The van der Waals surface area contributed by atoms with E-state index in [0.29, 0.717) is 11.8 Å². The average Bonchev–Trinajstić information content (AvgIpc) is 3.55. The van der Waals surface area contributed by atoms with E-state index in [0.717, 1.165) is 58.0 Å². The van der Waals surface area contributed by atoms with Crippen molar-refractivity contribution in [3.8, 4) is 11.4 Å². The van der Waals surface area contributed by atoms with E-state index < -0.39 is 0 Å². The highest BCUT2D eigenvalue weighted by atomic mass is 32.1. The lowest BCUT2D eigenvalue weighted by Crippen LogP contribution is -2.40. The molecule has 0 aliphatic carbocycles. The SMILES string of the molecule is COc1cc(-n2cnc(Nc3nc(N4CCC[C@H]4C(N)=O)c4ccsc4n3)c2)cc(C)c1C. The zero-order chi connectivity index (χ0) is 23.1. The Kier molecular flexibility index (Phi) is 5.37. The third-order valence-electron chi connectivity index (χ3n) is 6.10. The average molecular weight is 464 g/mol. The van der Waals surface area contributed by atoms with E-state index in [4.69, 9.17) is 15.5 Å². The van der Waals surface area contributed by atoms with E-state index in [1.165, 1.54) is 11.3 Å². The van der Waals surface area contributed by atoms with Crippen LogP contribution in [0.1, 0.15) is 24.0 Å². The van der Waals surface area contributed by atoms with E-state index in [1.807, 2.05) is 40.1 Å². The third-order valence-corrected chi connectivity index (χ3v) is 6.91. The van der Waals surface area contributed by atoms with Gasteiger partial charge in [-0.15, -0.1) is 11.3 Å². The van der Waals surface area contributed by atoms with Crippen LogP contribution >= 0.6 is 11.3 Å². The summed E-state index contributed by atoms with van der Waals surface area (Å²) in [6.45, 7) is 4.83. The molecular weight excluding hydrogens is 438 g/mol. The number of nitrogens with zero attached hydrogens (tertiary/aromatic N) is 5. The minimum absolute atomic E-state index is 0.327. The molecule has 4 aromatic rings. The molecule has 0 unspecified atom stereocenters. The first-order valence-electron chi connectivity index (χ1n) is 10.7. The van der Waals surface area contributed by atoms with Crippen LogP contribution in [0.5, 0.6) is 5.75 Å². The van der Waals surface area contributed by atoms with Crippen LogP contribution in [0.25, 0.3) is 15.9 Å². The van der Waals surface area contributed by atoms with Gasteiger partial charge in [0.05, 0.1) is 24.4 Å². The second-order valence-corrected chi connectivity index (χ2v) is 9.04. The van der Waals surface area contributed by atoms with E-state index in [-0.39, 0.29) is 11.9 Å². The number of carbonyl (C=O) groups is 1. The Hall–Kier alpha value is -3.66. The van der Waals surface area contributed by atoms with Crippen molar-refractivity contribution in [3.05, 3.63) is 47.2 Å². The lowest BCUT2D eigenvalue weighted by atomic mass is 10.1. The number of anilines is 3. The van der Waals surface area contributed by atoms with Crippen LogP contribution in [0.4, 0.5) is 17.6 Å². The molecule has 9 nitrogen and oxygen atoms in total. The highest BCUT2D eigenvalue weighted by Gasteiger charge is 2.31. The number of aromatic nitrogens is 4. The van der Waals surface area contributed by atoms with Crippen LogP contribution < -0.4 is 20.7 Å². The third kappa shape index (κ3) is 3.86. The number of amides is 1. The Bertz CT molecular complexity index is 1350. The summed E-state index contributed by atoms with van der Waals surface area (Å²) in [6, 6.07) is 5.71. The van der Waals surface area contributed by atoms with E-state index in [9.17, 15) is 4.79 Å². The number of methoxy groups -OCH3 is 1. The van der Waals surface area contributed by atoms with Crippen LogP contribution in [0.2, 0.25) is 0 Å². The van der Waals surface area contributed by atoms with Gasteiger partial charge in [-0.2, -0.15) is 4.98 Å². The van der Waals surface area contributed by atoms with Crippen molar-refractivity contribution >= 4 is 45.0 Å². The normalized spacial score (nSPS) is 15.8. The molecule has 1 saturated heterocycles. The smallest absolute Gasteiger partial charge is 0.240 e. The number of rotatable bonds is 6. The molecule has 4 heterocycles. The quantitative estimate of drug-likeness (QED) is 0.448. The van der Waals surface area contributed by atoms with Gasteiger partial charge in [0, 0.05) is 12.6 Å². The van der Waals surface area contributed by atoms with E-state index >= 15 is 0 Å². The molecule has 3 N–H and O–H groups in total. The Morgan fingerprint density at radius 3 is 2.94 bits per heavy atom. The predicted octanol–water partition coefficient (Wildman–Crippen LogP) is 3.70. The number of thiophene rings is 1. The van der Waals surface area contributed by atoms with Gasteiger partial charge in [-0.25, -0.2) is 9.97 Å². The fourth-order valence-electron chi connectivity index (χ4n) is 4.24. The van der Waals surface area contributed by atoms with E-state index in [1.54, 1.807) is 13.4 Å². The zero-order valence-corrected chi connectivity index (χ0v) is 19.5. The molecule has 3 aromatic heterocycles. The molecule has 1 fully saturated rings. The number of nitrogens with one attached hydrogen (secondary N) is 1. The van der Waals surface area contributed by atoms with Crippen molar-refractivity contribution in [2.45, 2.75) is 32.7 Å². The van der Waals surface area contributed by atoms with Crippen molar-refractivity contribution < 1.29 is 9.53 Å². The van der Waals surface area contributed by atoms with Gasteiger partial charge >= 0.3 is 0 Å². The first-order valence-corrected chi connectivity index (χ1v) is 11.6. The standard InChI is InChI=1S/C23H25N7O2S/c1-13-9-15(10-18(32-3)14(13)2)29-11-19(25-12-29)26-23-27-21(16-6-8-33-22(16)28-23)30-7-4-5-17(30)20(24)31/h6,8-12,17H,4-5,7H2,1-3H3,(H2,24,31)(H,26,27,28)/t17-/m0/s1. The number of fused-ring (bicyclic) bond motifs is 1. The maximum Gasteiger partial charge on any atom is 0.240 e. The highest BCUT2D eigenvalue weighted by Crippen LogP contribution is 2.34. The molecule has 1 aliphatic rings. The van der Waals surface area contributed by atoms with Gasteiger partial charge in [0.2, 0.25) is 11.9 Å². The number of benzene rings is 1. The topological polar surface area (TPSA) is 111 Å². The molecule has 1 atom stereocenters. The monoisotopic (exact) mass is 463 g/mol. The first kappa shape index (κ1) is 21.2. The zero-order valence-electron chi connectivity index (χ0n) is 18.7. The Labute approximate surface area is 195 Å². The molecule has 5 rings (SSSR count). The number of carbonyl (C=O) groups excluding carboxylic acids is 1. The van der Waals surface area contributed by atoms with Gasteiger partial charge in [-0.1, -0.05) is 0 Å². The maximum atomic E-state index is 12.0. The Balaban J connectivity index is 1.47. The summed E-state index contributed by atoms with van der Waals surface area (Å²) < 4.78 is 7.43. The van der Waals surface area contributed by atoms with Crippen molar-refractivity contribution in [1.29, 1.82) is 0 Å². The molecule has 0 saturated carbocycles. The van der Waals surface area contributed by atoms with Crippen LogP contribution in [0.3, 0.4) is 0 Å². The molecule has 170 valence electrons. The van der Waals surface area contributed by atoms with Gasteiger partial charge in [0.15, 0.2) is 5.82 Å². The van der Waals surface area contributed by atoms with Gasteiger partial charge < -0.3 is 25.3 Å². The first-order chi connectivity index (χ1) is 15.9. The minimum Gasteiger partial charge on any atom is -0.496 e. The Morgan fingerprint density at radius 1 is 1.30 bits per heavy atom. The van der Waals surface area contributed by atoms with Gasteiger partial charge in [-0.05, 0) is 55.3 Å². The van der Waals surface area contributed by atoms with Crippen molar-refractivity contribution in [3.63, 3.8) is 0 Å². The van der Waals surface area contributed by atoms with Crippen LogP contribution in [0, 0.1) is 13.8 Å². The summed E-state index contributed by atoms with van der Waals surface area (Å²) in [5, 5.41) is 6.12. The van der Waals surface area contributed by atoms with Gasteiger partial charge in [0.1, 0.15) is 28.8 Å². The van der Waals surface area contributed by atoms with Gasteiger partial charge in [-0.3, -0.25) is 4.79 Å². The summed E-state index contributed by atoms with van der Waals surface area (Å²) >= 11 is 1.53. The second kappa shape index (κ2) is 8.36. The fraction of sp³-hybridized carbons (Fsp3) is 0.304. The van der Waals surface area contributed by atoms with E-state index in [2.05, 4.69) is 28.3 Å². The molecule has 10 heteroatoms. The van der Waals surface area contributed by atoms with Crippen LogP contribution in [-0.4, -0.2) is 45.1 Å². The van der Waals surface area contributed by atoms with Crippen LogP contribution in [-0.2, 0) is 4.79 Å². The maximum absolute atomic E-state index is 12.0. The van der Waals surface area contributed by atoms with Crippen molar-refractivity contribution in [2.24, 2.45) is 5.73 Å². The lowest BCUT2D eigenvalue weighted by Gasteiger charge is -2.24. The highest BCUT2D eigenvalue weighted by molar-refractivity contribution is 7.16. The second-order valence-electron chi connectivity index (χ2n) is 8.15. The molecule has 33 heavy (non-hydrogen) atoms. The molecular formula is C23H25N7O2S. The van der Waals surface area contributed by atoms with Crippen molar-refractivity contribution in [2.75, 3.05) is 23.9 Å². The lowest BCUT2D eigenvalue weighted by molar-refractivity contribution is -0.119. The number of aryl methyl sites for hydroxylation is 1. The number of imidazole rings is 1. The summed E-state index contributed by atoms with van der Waals surface area (Å²) in [7, 11) is 1.67. The van der Waals surface area contributed by atoms with Crippen molar-refractivity contribution in [1.82, 2.24) is 19.5 Å². The fourth-order valence-corrected chi connectivity index (χ4v) is 5.00. The molecule has 0 bridgehead atoms. The number of hydrogen-bond acceptors (Lipinski definition) is 8. The molecule has 1 aromatic carbocycles. The number of ether oxygens (including phenoxy) is 1. The minimum atomic E-state index is -0.352. The number of primary amides is 1. The summed E-state index contributed by atoms with van der Waals surface area (Å²) in [5.41, 5.74) is 8.85. The van der Waals surface area contributed by atoms with Crippen LogP contribution in [0.15, 0.2) is 36.1 Å². The number of nitrogens with two attached hydrogens (primary N) is 1. The summed E-state index contributed by atoms with van der Waals surface area (Å²) in [4.78, 5) is 28.7. The summed E-state index contributed by atoms with van der Waals surface area (Å²) in [5.74, 6) is 2.27. The number of hydrogen-bond donors (Lipinski definition) is 2. The Morgan fingerprint density at radius 2 is 2.15 bits per heavy atom. The molecule has 1 aliphatic heterocycles. The molecule has 0 radical (unpaired) electrons. The largest absolute Gasteiger partial charge is 0.496 e.